The highest BCUT2D eigenvalue weighted by Crippen LogP contribution is 2.32. The van der Waals surface area contributed by atoms with Crippen molar-refractivity contribution in [1.29, 1.82) is 0 Å². The molecule has 2 N–H and O–H groups in total. The van der Waals surface area contributed by atoms with Crippen molar-refractivity contribution in [1.82, 2.24) is 20.4 Å². The Morgan fingerprint density at radius 3 is 1.24 bits per heavy atom. The molecule has 7 aromatic rings. The van der Waals surface area contributed by atoms with Gasteiger partial charge in [0.25, 0.3) is 0 Å². The van der Waals surface area contributed by atoms with Gasteiger partial charge in [-0.15, -0.1) is 0 Å². The lowest BCUT2D eigenvalue weighted by Gasteiger charge is -2.06. The molecule has 0 fully saturated rings. The van der Waals surface area contributed by atoms with Crippen LogP contribution in [0.4, 0.5) is 0 Å². The number of rotatable bonds is 8. The SMILES string of the molecule is c1ccc(Oc2cccc(-c3cc(-c4cccc(-c5cc(-c6cccc(Oc7ccccc7)c6)n[nH]5)c4)[nH]n3)c2)cc1. The van der Waals surface area contributed by atoms with Crippen LogP contribution in [0.5, 0.6) is 23.0 Å². The van der Waals surface area contributed by atoms with Gasteiger partial charge in [0.2, 0.25) is 0 Å². The smallest absolute Gasteiger partial charge is 0.128 e. The predicted octanol–water partition coefficient (Wildman–Crippen LogP) is 9.39. The summed E-state index contributed by atoms with van der Waals surface area (Å²) in [6.45, 7) is 0. The van der Waals surface area contributed by atoms with Crippen LogP contribution in [-0.4, -0.2) is 20.4 Å². The molecule has 0 aliphatic heterocycles. The number of H-pyrrole nitrogens is 2. The zero-order valence-corrected chi connectivity index (χ0v) is 22.6. The third kappa shape index (κ3) is 5.55. The molecule has 6 heteroatoms. The van der Waals surface area contributed by atoms with Crippen LogP contribution in [0.1, 0.15) is 0 Å². The van der Waals surface area contributed by atoms with E-state index >= 15 is 0 Å². The molecule has 5 aromatic carbocycles. The van der Waals surface area contributed by atoms with E-state index in [1.54, 1.807) is 0 Å². The molecule has 0 aliphatic rings. The summed E-state index contributed by atoms with van der Waals surface area (Å²) in [4.78, 5) is 0. The first-order valence-electron chi connectivity index (χ1n) is 13.7. The minimum Gasteiger partial charge on any atom is -0.457 e. The van der Waals surface area contributed by atoms with Crippen molar-refractivity contribution < 1.29 is 9.47 Å². The lowest BCUT2D eigenvalue weighted by molar-refractivity contribution is 0.482. The lowest BCUT2D eigenvalue weighted by atomic mass is 10.0. The van der Waals surface area contributed by atoms with Crippen molar-refractivity contribution in [2.75, 3.05) is 0 Å². The van der Waals surface area contributed by atoms with Gasteiger partial charge >= 0.3 is 0 Å². The lowest BCUT2D eigenvalue weighted by Crippen LogP contribution is -1.85. The Hall–Kier alpha value is -5.88. The van der Waals surface area contributed by atoms with Crippen molar-refractivity contribution in [3.63, 3.8) is 0 Å². The number of aromatic nitrogens is 4. The minimum atomic E-state index is 0.762. The molecule has 7 rings (SSSR count). The maximum absolute atomic E-state index is 6.01. The van der Waals surface area contributed by atoms with Crippen LogP contribution in [-0.2, 0) is 0 Å². The highest BCUT2D eigenvalue weighted by Gasteiger charge is 2.11. The van der Waals surface area contributed by atoms with Crippen LogP contribution in [0.3, 0.4) is 0 Å². The number of hydrogen-bond acceptors (Lipinski definition) is 4. The van der Waals surface area contributed by atoms with Crippen LogP contribution in [0.15, 0.2) is 146 Å². The second-order valence-electron chi connectivity index (χ2n) is 9.80. The van der Waals surface area contributed by atoms with Crippen LogP contribution >= 0.6 is 0 Å². The van der Waals surface area contributed by atoms with E-state index in [9.17, 15) is 0 Å². The molecule has 2 heterocycles. The average molecular weight is 547 g/mol. The fraction of sp³-hybridized carbons (Fsp3) is 0. The van der Waals surface area contributed by atoms with Crippen LogP contribution in [0.25, 0.3) is 45.0 Å². The van der Waals surface area contributed by atoms with Crippen molar-refractivity contribution in [2.24, 2.45) is 0 Å². The minimum absolute atomic E-state index is 0.762. The molecule has 2 aromatic heterocycles. The van der Waals surface area contributed by atoms with Crippen LogP contribution in [0, 0.1) is 0 Å². The van der Waals surface area contributed by atoms with Gasteiger partial charge in [-0.3, -0.25) is 10.2 Å². The predicted molar refractivity (Wildman–Crippen MR) is 166 cm³/mol. The quantitative estimate of drug-likeness (QED) is 0.199. The van der Waals surface area contributed by atoms with E-state index in [0.717, 1.165) is 68.0 Å². The Kier molecular flexibility index (Phi) is 6.76. The van der Waals surface area contributed by atoms with E-state index < -0.39 is 0 Å². The fourth-order valence-electron chi connectivity index (χ4n) is 4.78. The molecule has 0 saturated carbocycles. The molecule has 0 radical (unpaired) electrons. The molecule has 0 amide bonds. The number of para-hydroxylation sites is 2. The van der Waals surface area contributed by atoms with Gasteiger partial charge in [-0.05, 0) is 66.7 Å². The number of benzene rings is 5. The van der Waals surface area contributed by atoms with Crippen molar-refractivity contribution in [3.8, 4) is 68.0 Å². The monoisotopic (exact) mass is 546 g/mol. The number of aromatic amines is 2. The van der Waals surface area contributed by atoms with Crippen LogP contribution < -0.4 is 9.47 Å². The third-order valence-corrected chi connectivity index (χ3v) is 6.86. The van der Waals surface area contributed by atoms with Gasteiger partial charge in [-0.1, -0.05) is 78.9 Å². The van der Waals surface area contributed by atoms with Crippen molar-refractivity contribution >= 4 is 0 Å². The van der Waals surface area contributed by atoms with Gasteiger partial charge in [-0.2, -0.15) is 10.2 Å². The molecule has 0 spiro atoms. The Labute approximate surface area is 243 Å². The van der Waals surface area contributed by atoms with Crippen molar-refractivity contribution in [3.05, 3.63) is 146 Å². The third-order valence-electron chi connectivity index (χ3n) is 6.86. The summed E-state index contributed by atoms with van der Waals surface area (Å²) in [7, 11) is 0. The normalized spacial score (nSPS) is 10.9. The van der Waals surface area contributed by atoms with Gasteiger partial charge in [-0.25, -0.2) is 0 Å². The summed E-state index contributed by atoms with van der Waals surface area (Å²) < 4.78 is 12.0. The van der Waals surface area contributed by atoms with E-state index in [1.165, 1.54) is 0 Å². The zero-order chi connectivity index (χ0) is 28.1. The first kappa shape index (κ1) is 25.1. The molecule has 42 heavy (non-hydrogen) atoms. The van der Waals surface area contributed by atoms with E-state index in [0.29, 0.717) is 0 Å². The van der Waals surface area contributed by atoms with Crippen molar-refractivity contribution in [2.45, 2.75) is 0 Å². The van der Waals surface area contributed by atoms with E-state index in [-0.39, 0.29) is 0 Å². The maximum atomic E-state index is 6.01. The summed E-state index contributed by atoms with van der Waals surface area (Å²) in [5.41, 5.74) is 7.52. The molecular formula is C36H26N4O2. The van der Waals surface area contributed by atoms with Gasteiger partial charge in [0.1, 0.15) is 23.0 Å². The standard InChI is InChI=1S/C36H26N4O2/c1-3-14-29(15-4-1)41-31-18-8-12-27(21-31)35-23-33(37-39-35)25-10-7-11-26(20-25)34-24-36(40-38-34)28-13-9-19-32(22-28)42-30-16-5-2-6-17-30/h1-24H,(H,37,39)(H,38,40). The largest absolute Gasteiger partial charge is 0.457 e. The Bertz CT molecular complexity index is 1810. The summed E-state index contributed by atoms with van der Waals surface area (Å²) >= 11 is 0. The molecule has 0 saturated heterocycles. The molecule has 0 aliphatic carbocycles. The highest BCUT2D eigenvalue weighted by molar-refractivity contribution is 5.75. The average Bonchev–Trinajstić information content (AvgIpc) is 3.74. The number of nitrogens with zero attached hydrogens (tertiary/aromatic N) is 2. The Morgan fingerprint density at radius 1 is 0.357 bits per heavy atom. The topological polar surface area (TPSA) is 75.8 Å². The number of nitrogens with one attached hydrogen (secondary N) is 2. The van der Waals surface area contributed by atoms with Gasteiger partial charge in [0.15, 0.2) is 0 Å². The van der Waals surface area contributed by atoms with E-state index in [2.05, 4.69) is 50.7 Å². The highest BCUT2D eigenvalue weighted by atomic mass is 16.5. The molecule has 6 nitrogen and oxygen atoms in total. The maximum Gasteiger partial charge on any atom is 0.128 e. The summed E-state index contributed by atoms with van der Waals surface area (Å²) in [6, 6.07) is 47.8. The van der Waals surface area contributed by atoms with E-state index in [4.69, 9.17) is 9.47 Å². The molecule has 0 bridgehead atoms. The number of hydrogen-bond donors (Lipinski definition) is 2. The molecular weight excluding hydrogens is 520 g/mol. The van der Waals surface area contributed by atoms with Gasteiger partial charge < -0.3 is 9.47 Å². The first-order valence-corrected chi connectivity index (χ1v) is 13.7. The summed E-state index contributed by atoms with van der Waals surface area (Å²) in [5.74, 6) is 3.11. The molecule has 0 unspecified atom stereocenters. The fourth-order valence-corrected chi connectivity index (χ4v) is 4.78. The Morgan fingerprint density at radius 2 is 0.762 bits per heavy atom. The molecule has 202 valence electrons. The van der Waals surface area contributed by atoms with Gasteiger partial charge in [0.05, 0.1) is 22.8 Å². The zero-order valence-electron chi connectivity index (χ0n) is 22.6. The summed E-state index contributed by atoms with van der Waals surface area (Å²) in [5, 5.41) is 15.6. The van der Waals surface area contributed by atoms with Gasteiger partial charge in [0, 0.05) is 22.3 Å². The second kappa shape index (κ2) is 11.3. The number of ether oxygens (including phenoxy) is 2. The molecule has 0 atom stereocenters. The Balaban J connectivity index is 1.10. The van der Waals surface area contributed by atoms with Crippen LogP contribution in [0.2, 0.25) is 0 Å². The van der Waals surface area contributed by atoms with E-state index in [1.807, 2.05) is 115 Å². The second-order valence-corrected chi connectivity index (χ2v) is 9.80. The first-order chi connectivity index (χ1) is 20.8. The summed E-state index contributed by atoms with van der Waals surface area (Å²) in [6.07, 6.45) is 0.